The van der Waals surface area contributed by atoms with Gasteiger partial charge in [0, 0.05) is 12.8 Å². The fourth-order valence-electron chi connectivity index (χ4n) is 6.00. The fourth-order valence-corrected chi connectivity index (χ4v) is 6.36. The summed E-state index contributed by atoms with van der Waals surface area (Å²) < 4.78 is 26.4. The van der Waals surface area contributed by atoms with E-state index in [4.69, 9.17) is 19.3 Å². The van der Waals surface area contributed by atoms with Crippen LogP contribution in [0, 0.1) is 0 Å². The van der Waals surface area contributed by atoms with Crippen molar-refractivity contribution in [3.63, 3.8) is 0 Å². The van der Waals surface area contributed by atoms with E-state index in [9.17, 15) is 14.2 Å². The van der Waals surface area contributed by atoms with Crippen LogP contribution in [0.3, 0.4) is 0 Å². The Kier molecular flexibility index (Phi) is 36.2. The summed E-state index contributed by atoms with van der Waals surface area (Å²) in [5.41, 5.74) is 0. The Balaban J connectivity index is 3.88. The van der Waals surface area contributed by atoms with Gasteiger partial charge < -0.3 is 19.3 Å². The molecule has 0 saturated heterocycles. The molecule has 0 radical (unpaired) electrons. The summed E-state index contributed by atoms with van der Waals surface area (Å²) in [6.45, 7) is 5.20. The van der Waals surface area contributed by atoms with Gasteiger partial charge in [0.05, 0.1) is 6.61 Å². The Morgan fingerprint density at radius 1 is 0.560 bits per heavy atom. The molecule has 0 aromatic rings. The summed E-state index contributed by atoms with van der Waals surface area (Å²) in [7, 11) is -4.75. The van der Waals surface area contributed by atoms with E-state index in [1.54, 1.807) is 0 Å². The van der Waals surface area contributed by atoms with Crippen molar-refractivity contribution in [1.82, 2.24) is 0 Å². The fraction of sp³-hybridized carbons (Fsp3) is 0.854. The molecule has 0 rings (SSSR count). The number of hydrogen-bond donors (Lipinski definition) is 2. The summed E-state index contributed by atoms with van der Waals surface area (Å²) in [5.74, 6) is -0.883. The highest BCUT2D eigenvalue weighted by atomic mass is 31.2. The van der Waals surface area contributed by atoms with Crippen LogP contribution in [0.25, 0.3) is 0 Å². The maximum Gasteiger partial charge on any atom is 0.469 e. The van der Waals surface area contributed by atoms with Crippen molar-refractivity contribution in [2.45, 2.75) is 212 Å². The summed E-state index contributed by atoms with van der Waals surface area (Å²) in [5, 5.41) is 0. The molecule has 2 N–H and O–H groups in total. The zero-order valence-electron chi connectivity index (χ0n) is 32.1. The molecule has 9 heteroatoms. The number of esters is 2. The van der Waals surface area contributed by atoms with Crippen molar-refractivity contribution in [3.05, 3.63) is 24.8 Å². The number of unbranched alkanes of at least 4 members (excludes halogenated alkanes) is 26. The molecular weight excluding hydrogens is 651 g/mol. The molecule has 0 bridgehead atoms. The van der Waals surface area contributed by atoms with Gasteiger partial charge in [-0.25, -0.2) is 4.57 Å². The Morgan fingerprint density at radius 3 is 1.36 bits per heavy atom. The van der Waals surface area contributed by atoms with Gasteiger partial charge in [-0.2, -0.15) is 0 Å². The van der Waals surface area contributed by atoms with Crippen LogP contribution < -0.4 is 0 Å². The molecule has 0 aliphatic heterocycles. The molecule has 0 aliphatic carbocycles. The van der Waals surface area contributed by atoms with Gasteiger partial charge in [0.1, 0.15) is 6.61 Å². The van der Waals surface area contributed by atoms with Crippen molar-refractivity contribution in [2.75, 3.05) is 13.2 Å². The van der Waals surface area contributed by atoms with Crippen molar-refractivity contribution >= 4 is 19.8 Å². The molecular formula is C41H77O8P. The molecule has 50 heavy (non-hydrogen) atoms. The van der Waals surface area contributed by atoms with E-state index in [0.717, 1.165) is 44.9 Å². The van der Waals surface area contributed by atoms with E-state index < -0.39 is 32.5 Å². The van der Waals surface area contributed by atoms with Crippen LogP contribution in [-0.2, 0) is 28.2 Å². The molecule has 0 unspecified atom stereocenters. The molecule has 8 nitrogen and oxygen atoms in total. The third kappa shape index (κ3) is 39.3. The second-order valence-electron chi connectivity index (χ2n) is 14.0. The second kappa shape index (κ2) is 37.3. The van der Waals surface area contributed by atoms with Crippen LogP contribution >= 0.6 is 7.82 Å². The molecule has 0 amide bonds. The lowest BCUT2D eigenvalue weighted by Crippen LogP contribution is -2.29. The Labute approximate surface area is 307 Å². The predicted octanol–water partition coefficient (Wildman–Crippen LogP) is 12.4. The van der Waals surface area contributed by atoms with Crippen molar-refractivity contribution in [1.29, 1.82) is 0 Å². The van der Waals surface area contributed by atoms with Gasteiger partial charge in [0.25, 0.3) is 0 Å². The minimum absolute atomic E-state index is 0.212. The summed E-state index contributed by atoms with van der Waals surface area (Å²) in [6.07, 6.45) is 40.7. The molecule has 0 aromatic heterocycles. The summed E-state index contributed by atoms with van der Waals surface area (Å²) in [6, 6.07) is 0. The van der Waals surface area contributed by atoms with Gasteiger partial charge in [-0.15, -0.1) is 6.58 Å². The lowest BCUT2D eigenvalue weighted by atomic mass is 10.0. The van der Waals surface area contributed by atoms with E-state index in [-0.39, 0.29) is 19.4 Å². The number of phosphoric ester groups is 1. The molecule has 294 valence electrons. The highest BCUT2D eigenvalue weighted by molar-refractivity contribution is 7.46. The quantitative estimate of drug-likeness (QED) is 0.0278. The lowest BCUT2D eigenvalue weighted by molar-refractivity contribution is -0.161. The first-order valence-corrected chi connectivity index (χ1v) is 22.1. The van der Waals surface area contributed by atoms with E-state index in [1.165, 1.54) is 135 Å². The first kappa shape index (κ1) is 48.5. The number of carbonyl (C=O) groups excluding carboxylic acids is 2. The molecule has 0 aliphatic rings. The monoisotopic (exact) mass is 729 g/mol. The van der Waals surface area contributed by atoms with Gasteiger partial charge in [-0.3, -0.25) is 14.1 Å². The normalized spacial score (nSPS) is 12.4. The average molecular weight is 729 g/mol. The van der Waals surface area contributed by atoms with Crippen LogP contribution in [0.5, 0.6) is 0 Å². The second-order valence-corrected chi connectivity index (χ2v) is 15.3. The van der Waals surface area contributed by atoms with Crippen molar-refractivity contribution in [2.24, 2.45) is 0 Å². The van der Waals surface area contributed by atoms with Gasteiger partial charge in [0.2, 0.25) is 0 Å². The molecule has 0 heterocycles. The smallest absolute Gasteiger partial charge is 0.462 e. The van der Waals surface area contributed by atoms with E-state index >= 15 is 0 Å². The van der Waals surface area contributed by atoms with Crippen LogP contribution in [0.4, 0.5) is 0 Å². The van der Waals surface area contributed by atoms with E-state index in [1.807, 2.05) is 6.08 Å². The number of ether oxygens (including phenoxy) is 2. The maximum atomic E-state index is 12.4. The Hall–Kier alpha value is -1.47. The van der Waals surface area contributed by atoms with Crippen molar-refractivity contribution in [3.8, 4) is 0 Å². The molecule has 1 atom stereocenters. The highest BCUT2D eigenvalue weighted by Gasteiger charge is 2.22. The minimum atomic E-state index is -4.75. The summed E-state index contributed by atoms with van der Waals surface area (Å²) in [4.78, 5) is 42.8. The topological polar surface area (TPSA) is 119 Å². The largest absolute Gasteiger partial charge is 0.469 e. The van der Waals surface area contributed by atoms with Crippen LogP contribution in [-0.4, -0.2) is 41.0 Å². The number of rotatable bonds is 39. The van der Waals surface area contributed by atoms with Gasteiger partial charge >= 0.3 is 19.8 Å². The summed E-state index contributed by atoms with van der Waals surface area (Å²) >= 11 is 0. The van der Waals surface area contributed by atoms with E-state index in [2.05, 4.69) is 30.2 Å². The van der Waals surface area contributed by atoms with Gasteiger partial charge in [0.15, 0.2) is 6.10 Å². The number of allylic oxidation sites excluding steroid dienone is 3. The zero-order chi connectivity index (χ0) is 36.8. The molecule has 0 spiro atoms. The molecule has 0 fully saturated rings. The Bertz CT molecular complexity index is 856. The lowest BCUT2D eigenvalue weighted by Gasteiger charge is -2.18. The third-order valence-electron chi connectivity index (χ3n) is 9.09. The maximum absolute atomic E-state index is 12.4. The molecule has 0 aromatic carbocycles. The minimum Gasteiger partial charge on any atom is -0.462 e. The van der Waals surface area contributed by atoms with Crippen LogP contribution in [0.2, 0.25) is 0 Å². The number of phosphoric acid groups is 1. The van der Waals surface area contributed by atoms with Gasteiger partial charge in [-0.05, 0) is 51.4 Å². The third-order valence-corrected chi connectivity index (χ3v) is 9.57. The first-order valence-electron chi connectivity index (χ1n) is 20.6. The Morgan fingerprint density at radius 2 is 0.940 bits per heavy atom. The predicted molar refractivity (Wildman–Crippen MR) is 207 cm³/mol. The zero-order valence-corrected chi connectivity index (χ0v) is 33.0. The first-order chi connectivity index (χ1) is 24.3. The number of carbonyl (C=O) groups is 2. The standard InChI is InChI=1S/C41H77O8P/c1-3-5-7-9-11-13-15-17-19-20-22-23-25-27-29-31-33-35-40(42)47-37-39(38-48-50(44,45)46)49-41(43)36-34-32-30-28-26-24-21-18-16-14-12-10-8-6-4-2/h4,13,15,39H,2-3,5-12,14,16-38H2,1H3,(H2,44,45,46)/b15-13+/t39-/m1/s1. The number of hydrogen-bond acceptors (Lipinski definition) is 6. The highest BCUT2D eigenvalue weighted by Crippen LogP contribution is 2.36. The van der Waals surface area contributed by atoms with Crippen LogP contribution in [0.1, 0.15) is 206 Å². The SMILES string of the molecule is C=CCCCCCCCCCCCCCCCC(=O)O[C@H](COC(=O)CCCCCCCCCCC/C=C/CCCCCC)COP(=O)(O)O. The van der Waals surface area contributed by atoms with Gasteiger partial charge in [-0.1, -0.05) is 160 Å². The van der Waals surface area contributed by atoms with Crippen LogP contribution in [0.15, 0.2) is 24.8 Å². The average Bonchev–Trinajstić information content (AvgIpc) is 3.08. The van der Waals surface area contributed by atoms with E-state index in [0.29, 0.717) is 6.42 Å². The molecule has 0 saturated carbocycles. The van der Waals surface area contributed by atoms with Crippen molar-refractivity contribution < 1.29 is 37.9 Å².